The van der Waals surface area contributed by atoms with E-state index in [1.807, 2.05) is 30.3 Å². The molecule has 0 aliphatic heterocycles. The van der Waals surface area contributed by atoms with E-state index in [1.165, 1.54) is 0 Å². The van der Waals surface area contributed by atoms with Crippen LogP contribution in [0.25, 0.3) is 0 Å². The number of carbonyl (C=O) groups is 1. The highest BCUT2D eigenvalue weighted by Crippen LogP contribution is 2.27. The van der Waals surface area contributed by atoms with Gasteiger partial charge in [-0.05, 0) is 36.6 Å². The SMILES string of the molecule is CCCC/C(=N\NC(=O)COc1ccc(Br)cc1Cl)c1ccccc1. The fourth-order valence-electron chi connectivity index (χ4n) is 2.14. The molecule has 0 radical (unpaired) electrons. The molecular weight excluding hydrogens is 404 g/mol. The summed E-state index contributed by atoms with van der Waals surface area (Å²) in [5.41, 5.74) is 4.43. The number of hydrogen-bond acceptors (Lipinski definition) is 3. The van der Waals surface area contributed by atoms with Gasteiger partial charge in [0.1, 0.15) is 5.75 Å². The van der Waals surface area contributed by atoms with E-state index in [4.69, 9.17) is 16.3 Å². The van der Waals surface area contributed by atoms with Gasteiger partial charge in [0.2, 0.25) is 0 Å². The van der Waals surface area contributed by atoms with Crippen LogP contribution in [-0.4, -0.2) is 18.2 Å². The summed E-state index contributed by atoms with van der Waals surface area (Å²) in [5, 5.41) is 4.72. The molecule has 6 heteroatoms. The second-order valence-corrected chi connectivity index (χ2v) is 6.75. The Morgan fingerprint density at radius 3 is 2.68 bits per heavy atom. The van der Waals surface area contributed by atoms with Crippen molar-refractivity contribution in [3.8, 4) is 5.75 Å². The maximum atomic E-state index is 12.0. The average molecular weight is 424 g/mol. The van der Waals surface area contributed by atoms with Crippen molar-refractivity contribution >= 4 is 39.1 Å². The van der Waals surface area contributed by atoms with Gasteiger partial charge in [-0.25, -0.2) is 5.43 Å². The van der Waals surface area contributed by atoms with Crippen molar-refractivity contribution < 1.29 is 9.53 Å². The number of nitrogens with zero attached hydrogens (tertiary/aromatic N) is 1. The van der Waals surface area contributed by atoms with Crippen LogP contribution >= 0.6 is 27.5 Å². The van der Waals surface area contributed by atoms with Gasteiger partial charge in [-0.15, -0.1) is 0 Å². The summed E-state index contributed by atoms with van der Waals surface area (Å²) < 4.78 is 6.29. The van der Waals surface area contributed by atoms with E-state index in [1.54, 1.807) is 18.2 Å². The fraction of sp³-hybridized carbons (Fsp3) is 0.263. The molecule has 0 saturated heterocycles. The Morgan fingerprint density at radius 2 is 2.00 bits per heavy atom. The van der Waals surface area contributed by atoms with E-state index in [0.717, 1.165) is 35.0 Å². The molecule has 2 aromatic rings. The summed E-state index contributed by atoms with van der Waals surface area (Å²) in [6.45, 7) is 1.97. The Balaban J connectivity index is 1.96. The first-order valence-corrected chi connectivity index (χ1v) is 9.26. The average Bonchev–Trinajstić information content (AvgIpc) is 2.62. The first-order valence-electron chi connectivity index (χ1n) is 8.09. The Labute approximate surface area is 161 Å². The lowest BCUT2D eigenvalue weighted by atomic mass is 10.1. The molecule has 2 rings (SSSR count). The Kier molecular flexibility index (Phi) is 7.95. The van der Waals surface area contributed by atoms with Gasteiger partial charge >= 0.3 is 0 Å². The number of ether oxygens (including phenoxy) is 1. The van der Waals surface area contributed by atoms with Crippen LogP contribution in [0.2, 0.25) is 5.02 Å². The molecule has 0 saturated carbocycles. The second-order valence-electron chi connectivity index (χ2n) is 5.43. The Bertz CT molecular complexity index is 735. The number of carbonyl (C=O) groups excluding carboxylic acids is 1. The van der Waals surface area contributed by atoms with Gasteiger partial charge in [0.15, 0.2) is 6.61 Å². The third-order valence-corrected chi connectivity index (χ3v) is 4.23. The van der Waals surface area contributed by atoms with Crippen molar-refractivity contribution in [3.63, 3.8) is 0 Å². The largest absolute Gasteiger partial charge is 0.482 e. The standard InChI is InChI=1S/C19H20BrClN2O2/c1-2-3-9-17(14-7-5-4-6-8-14)22-23-19(24)13-25-18-11-10-15(20)12-16(18)21/h4-8,10-12H,2-3,9,13H2,1H3,(H,23,24)/b22-17+. The highest BCUT2D eigenvalue weighted by Gasteiger charge is 2.08. The van der Waals surface area contributed by atoms with Crippen molar-refractivity contribution in [2.24, 2.45) is 5.10 Å². The zero-order valence-corrected chi connectivity index (χ0v) is 16.3. The van der Waals surface area contributed by atoms with Crippen molar-refractivity contribution in [1.82, 2.24) is 5.43 Å². The van der Waals surface area contributed by atoms with Crippen LogP contribution in [0.3, 0.4) is 0 Å². The van der Waals surface area contributed by atoms with Gasteiger partial charge in [-0.1, -0.05) is 71.2 Å². The van der Waals surface area contributed by atoms with Crippen LogP contribution in [0.15, 0.2) is 58.1 Å². The summed E-state index contributed by atoms with van der Waals surface area (Å²) in [7, 11) is 0. The predicted molar refractivity (Wildman–Crippen MR) is 105 cm³/mol. The molecule has 0 bridgehead atoms. The summed E-state index contributed by atoms with van der Waals surface area (Å²) in [5.74, 6) is 0.127. The first kappa shape index (κ1) is 19.5. The Morgan fingerprint density at radius 1 is 1.24 bits per heavy atom. The maximum Gasteiger partial charge on any atom is 0.277 e. The summed E-state index contributed by atoms with van der Waals surface area (Å²) >= 11 is 9.39. The monoisotopic (exact) mass is 422 g/mol. The number of hydrazone groups is 1. The molecule has 0 unspecified atom stereocenters. The lowest BCUT2D eigenvalue weighted by molar-refractivity contribution is -0.123. The highest BCUT2D eigenvalue weighted by molar-refractivity contribution is 9.10. The number of rotatable bonds is 8. The van der Waals surface area contributed by atoms with Crippen molar-refractivity contribution in [1.29, 1.82) is 0 Å². The molecule has 0 aliphatic rings. The molecule has 1 amide bonds. The number of halogens is 2. The van der Waals surface area contributed by atoms with Gasteiger partial charge < -0.3 is 4.74 Å². The normalized spacial score (nSPS) is 11.2. The topological polar surface area (TPSA) is 50.7 Å². The van der Waals surface area contributed by atoms with Crippen molar-refractivity contribution in [3.05, 3.63) is 63.6 Å². The number of nitrogens with one attached hydrogen (secondary N) is 1. The minimum absolute atomic E-state index is 0.152. The van der Waals surface area contributed by atoms with E-state index in [2.05, 4.69) is 33.4 Å². The zero-order valence-electron chi connectivity index (χ0n) is 14.0. The number of unbranched alkanes of at least 4 members (excludes halogenated alkanes) is 1. The molecule has 0 aliphatic carbocycles. The van der Waals surface area contributed by atoms with Crippen LogP contribution in [0.5, 0.6) is 5.75 Å². The summed E-state index contributed by atoms with van der Waals surface area (Å²) in [6, 6.07) is 15.1. The molecule has 0 atom stereocenters. The second kappa shape index (κ2) is 10.2. The molecular formula is C19H20BrClN2O2. The maximum absolute atomic E-state index is 12.0. The quantitative estimate of drug-likeness (QED) is 0.469. The molecule has 0 aromatic heterocycles. The number of benzene rings is 2. The van der Waals surface area contributed by atoms with Gasteiger partial charge in [0.05, 0.1) is 10.7 Å². The van der Waals surface area contributed by atoms with Crippen LogP contribution in [0.1, 0.15) is 31.7 Å². The van der Waals surface area contributed by atoms with Crippen LogP contribution in [-0.2, 0) is 4.79 Å². The third-order valence-electron chi connectivity index (χ3n) is 3.44. The summed E-state index contributed by atoms with van der Waals surface area (Å²) in [6.07, 6.45) is 2.87. The minimum atomic E-state index is -0.330. The van der Waals surface area contributed by atoms with Gasteiger partial charge in [-0.3, -0.25) is 4.79 Å². The molecule has 1 N–H and O–H groups in total. The van der Waals surface area contributed by atoms with Crippen LogP contribution < -0.4 is 10.2 Å². The van der Waals surface area contributed by atoms with Crippen LogP contribution in [0, 0.1) is 0 Å². The van der Waals surface area contributed by atoms with Gasteiger partial charge in [-0.2, -0.15) is 5.10 Å². The minimum Gasteiger partial charge on any atom is -0.482 e. The number of hydrogen-bond donors (Lipinski definition) is 1. The van der Waals surface area contributed by atoms with Crippen molar-refractivity contribution in [2.75, 3.05) is 6.61 Å². The van der Waals surface area contributed by atoms with E-state index < -0.39 is 0 Å². The molecule has 25 heavy (non-hydrogen) atoms. The lowest BCUT2D eigenvalue weighted by Gasteiger charge is -2.09. The van der Waals surface area contributed by atoms with E-state index in [9.17, 15) is 4.79 Å². The molecule has 4 nitrogen and oxygen atoms in total. The molecule has 0 heterocycles. The number of amides is 1. The predicted octanol–water partition coefficient (Wildman–Crippen LogP) is 5.19. The third kappa shape index (κ3) is 6.52. The summed E-state index contributed by atoms with van der Waals surface area (Å²) in [4.78, 5) is 12.0. The Hall–Kier alpha value is -1.85. The van der Waals surface area contributed by atoms with E-state index in [-0.39, 0.29) is 12.5 Å². The molecule has 0 spiro atoms. The highest BCUT2D eigenvalue weighted by atomic mass is 79.9. The van der Waals surface area contributed by atoms with E-state index >= 15 is 0 Å². The zero-order chi connectivity index (χ0) is 18.1. The van der Waals surface area contributed by atoms with Gasteiger partial charge in [0.25, 0.3) is 5.91 Å². The smallest absolute Gasteiger partial charge is 0.277 e. The van der Waals surface area contributed by atoms with Crippen LogP contribution in [0.4, 0.5) is 0 Å². The van der Waals surface area contributed by atoms with Crippen molar-refractivity contribution in [2.45, 2.75) is 26.2 Å². The van der Waals surface area contributed by atoms with Gasteiger partial charge in [0, 0.05) is 4.47 Å². The lowest BCUT2D eigenvalue weighted by Crippen LogP contribution is -2.26. The molecule has 0 fully saturated rings. The first-order chi connectivity index (χ1) is 12.1. The van der Waals surface area contributed by atoms with E-state index in [0.29, 0.717) is 10.8 Å². The molecule has 132 valence electrons. The fourth-order valence-corrected chi connectivity index (χ4v) is 2.87. The molecule has 2 aromatic carbocycles.